The van der Waals surface area contributed by atoms with E-state index >= 15 is 0 Å². The second-order valence-corrected chi connectivity index (χ2v) is 3.97. The van der Waals surface area contributed by atoms with E-state index in [0.29, 0.717) is 0 Å². The molecule has 0 aliphatic carbocycles. The lowest BCUT2D eigenvalue weighted by atomic mass is 10.2. The van der Waals surface area contributed by atoms with Gasteiger partial charge in [0.25, 0.3) is 0 Å². The Labute approximate surface area is 98.7 Å². The van der Waals surface area contributed by atoms with Gasteiger partial charge in [-0.25, -0.2) is 9.97 Å². The molecule has 1 aromatic carbocycles. The van der Waals surface area contributed by atoms with E-state index in [9.17, 15) is 0 Å². The van der Waals surface area contributed by atoms with Crippen LogP contribution < -0.4 is 5.73 Å². The molecule has 4 nitrogen and oxygen atoms in total. The number of imidazole rings is 1. The van der Waals surface area contributed by atoms with Gasteiger partial charge in [0, 0.05) is 5.69 Å². The van der Waals surface area contributed by atoms with Crippen molar-refractivity contribution < 1.29 is 0 Å². The van der Waals surface area contributed by atoms with Crippen molar-refractivity contribution in [3.63, 3.8) is 0 Å². The third-order valence-corrected chi connectivity index (χ3v) is 2.73. The maximum Gasteiger partial charge on any atom is 0.164 e. The highest BCUT2D eigenvalue weighted by Crippen LogP contribution is 2.21. The highest BCUT2D eigenvalue weighted by atomic mass is 15.1. The van der Waals surface area contributed by atoms with Gasteiger partial charge in [0.1, 0.15) is 11.8 Å². The van der Waals surface area contributed by atoms with Gasteiger partial charge in [-0.15, -0.1) is 0 Å². The van der Waals surface area contributed by atoms with Crippen molar-refractivity contribution in [3.8, 4) is 5.69 Å². The van der Waals surface area contributed by atoms with Gasteiger partial charge in [0.05, 0.1) is 11.4 Å². The van der Waals surface area contributed by atoms with Crippen molar-refractivity contribution in [1.82, 2.24) is 14.5 Å². The molecule has 2 aromatic heterocycles. The lowest BCUT2D eigenvalue weighted by molar-refractivity contribution is 1.06. The number of hydrogen-bond donors (Lipinski definition) is 1. The monoisotopic (exact) mass is 224 g/mol. The van der Waals surface area contributed by atoms with Crippen LogP contribution in [0.4, 0.5) is 5.69 Å². The van der Waals surface area contributed by atoms with Crippen LogP contribution in [0.3, 0.4) is 0 Å². The number of aryl methyl sites for hydroxylation is 1. The Bertz CT molecular complexity index is 685. The van der Waals surface area contributed by atoms with Crippen LogP contribution in [0.1, 0.15) is 5.69 Å². The Morgan fingerprint density at radius 3 is 2.76 bits per heavy atom. The highest BCUT2D eigenvalue weighted by Gasteiger charge is 2.07. The summed E-state index contributed by atoms with van der Waals surface area (Å²) in [7, 11) is 0. The number of benzene rings is 1. The fourth-order valence-electron chi connectivity index (χ4n) is 1.87. The zero-order chi connectivity index (χ0) is 11.8. The van der Waals surface area contributed by atoms with E-state index in [0.717, 1.165) is 28.2 Å². The van der Waals surface area contributed by atoms with Gasteiger partial charge < -0.3 is 5.73 Å². The first-order valence-corrected chi connectivity index (χ1v) is 5.41. The lowest BCUT2D eigenvalue weighted by Crippen LogP contribution is -1.99. The summed E-state index contributed by atoms with van der Waals surface area (Å²) in [4.78, 5) is 8.82. The summed E-state index contributed by atoms with van der Waals surface area (Å²) >= 11 is 0. The van der Waals surface area contributed by atoms with Gasteiger partial charge in [-0.3, -0.25) is 4.57 Å². The summed E-state index contributed by atoms with van der Waals surface area (Å²) in [6, 6.07) is 11.6. The average Bonchev–Trinajstić information content (AvgIpc) is 2.72. The smallest absolute Gasteiger partial charge is 0.164 e. The van der Waals surface area contributed by atoms with Crippen molar-refractivity contribution in [1.29, 1.82) is 0 Å². The molecular formula is C13H12N4. The van der Waals surface area contributed by atoms with E-state index in [2.05, 4.69) is 9.97 Å². The molecule has 0 radical (unpaired) electrons. The maximum absolute atomic E-state index is 5.96. The Morgan fingerprint density at radius 1 is 1.12 bits per heavy atom. The standard InChI is InChI=1S/C13H12N4/c1-9-6-7-11-13(16-9)17(8-15-11)12-5-3-2-4-10(12)14/h2-8H,14H2,1H3. The topological polar surface area (TPSA) is 56.7 Å². The zero-order valence-corrected chi connectivity index (χ0v) is 9.46. The van der Waals surface area contributed by atoms with E-state index in [-0.39, 0.29) is 0 Å². The Hall–Kier alpha value is -2.36. The summed E-state index contributed by atoms with van der Waals surface area (Å²) in [6.07, 6.45) is 1.75. The predicted molar refractivity (Wildman–Crippen MR) is 68.0 cm³/mol. The molecule has 0 aliphatic rings. The summed E-state index contributed by atoms with van der Waals surface area (Å²) in [6.45, 7) is 1.96. The number of nitrogens with two attached hydrogens (primary N) is 1. The fraction of sp³-hybridized carbons (Fsp3) is 0.0769. The third-order valence-electron chi connectivity index (χ3n) is 2.73. The number of para-hydroxylation sites is 2. The fourth-order valence-corrected chi connectivity index (χ4v) is 1.87. The molecule has 0 aliphatic heterocycles. The van der Waals surface area contributed by atoms with Gasteiger partial charge >= 0.3 is 0 Å². The van der Waals surface area contributed by atoms with Crippen LogP contribution in [0, 0.1) is 6.92 Å². The van der Waals surface area contributed by atoms with Crippen LogP contribution in [0.15, 0.2) is 42.7 Å². The van der Waals surface area contributed by atoms with Crippen LogP contribution in [0.2, 0.25) is 0 Å². The molecule has 2 heterocycles. The molecule has 0 saturated heterocycles. The molecule has 3 aromatic rings. The predicted octanol–water partition coefficient (Wildman–Crippen LogP) is 2.31. The van der Waals surface area contributed by atoms with Crippen molar-refractivity contribution in [3.05, 3.63) is 48.4 Å². The molecular weight excluding hydrogens is 212 g/mol. The van der Waals surface area contributed by atoms with Crippen LogP contribution in [-0.4, -0.2) is 14.5 Å². The average molecular weight is 224 g/mol. The molecule has 84 valence electrons. The van der Waals surface area contributed by atoms with E-state index in [4.69, 9.17) is 5.73 Å². The molecule has 2 N–H and O–H groups in total. The van der Waals surface area contributed by atoms with Gasteiger partial charge in [-0.05, 0) is 31.2 Å². The SMILES string of the molecule is Cc1ccc2ncn(-c3ccccc3N)c2n1. The van der Waals surface area contributed by atoms with Crippen LogP contribution >= 0.6 is 0 Å². The maximum atomic E-state index is 5.96. The first-order valence-electron chi connectivity index (χ1n) is 5.41. The Morgan fingerprint density at radius 2 is 1.94 bits per heavy atom. The van der Waals surface area contributed by atoms with Crippen molar-refractivity contribution in [2.75, 3.05) is 5.73 Å². The normalized spacial score (nSPS) is 10.9. The third kappa shape index (κ3) is 1.54. The van der Waals surface area contributed by atoms with Crippen molar-refractivity contribution in [2.24, 2.45) is 0 Å². The second kappa shape index (κ2) is 3.59. The molecule has 0 amide bonds. The van der Waals surface area contributed by atoms with E-state index in [1.54, 1.807) is 6.33 Å². The minimum absolute atomic E-state index is 0.718. The van der Waals surface area contributed by atoms with E-state index in [1.807, 2.05) is 47.9 Å². The quantitative estimate of drug-likeness (QED) is 0.645. The first-order chi connectivity index (χ1) is 8.25. The van der Waals surface area contributed by atoms with Gasteiger partial charge in [0.2, 0.25) is 0 Å². The number of nitrogen functional groups attached to an aromatic ring is 1. The zero-order valence-electron chi connectivity index (χ0n) is 9.46. The highest BCUT2D eigenvalue weighted by molar-refractivity contribution is 5.75. The first kappa shape index (κ1) is 9.84. The summed E-state index contributed by atoms with van der Waals surface area (Å²) in [5.41, 5.74) is 10.3. The number of fused-ring (bicyclic) bond motifs is 1. The van der Waals surface area contributed by atoms with Crippen LogP contribution in [-0.2, 0) is 0 Å². The molecule has 0 spiro atoms. The molecule has 0 bridgehead atoms. The van der Waals surface area contributed by atoms with Crippen LogP contribution in [0.5, 0.6) is 0 Å². The van der Waals surface area contributed by atoms with Crippen molar-refractivity contribution >= 4 is 16.9 Å². The number of rotatable bonds is 1. The van der Waals surface area contributed by atoms with Gasteiger partial charge in [0.15, 0.2) is 5.65 Å². The number of pyridine rings is 1. The summed E-state index contributed by atoms with van der Waals surface area (Å²) in [5, 5.41) is 0. The summed E-state index contributed by atoms with van der Waals surface area (Å²) < 4.78 is 1.91. The summed E-state index contributed by atoms with van der Waals surface area (Å²) in [5.74, 6) is 0. The van der Waals surface area contributed by atoms with E-state index in [1.165, 1.54) is 0 Å². The Balaban J connectivity index is 2.31. The number of aromatic nitrogens is 3. The molecule has 17 heavy (non-hydrogen) atoms. The van der Waals surface area contributed by atoms with E-state index < -0.39 is 0 Å². The molecule has 0 unspecified atom stereocenters. The lowest BCUT2D eigenvalue weighted by Gasteiger charge is -2.06. The largest absolute Gasteiger partial charge is 0.397 e. The molecule has 3 rings (SSSR count). The molecule has 4 heteroatoms. The number of hydrogen-bond acceptors (Lipinski definition) is 3. The second-order valence-electron chi connectivity index (χ2n) is 3.97. The molecule has 0 atom stereocenters. The molecule has 0 saturated carbocycles. The van der Waals surface area contributed by atoms with Crippen LogP contribution in [0.25, 0.3) is 16.9 Å². The molecule has 0 fully saturated rings. The van der Waals surface area contributed by atoms with Crippen molar-refractivity contribution in [2.45, 2.75) is 6.92 Å². The number of nitrogens with zero attached hydrogens (tertiary/aromatic N) is 3. The minimum Gasteiger partial charge on any atom is -0.397 e. The Kier molecular flexibility index (Phi) is 2.08. The van der Waals surface area contributed by atoms with Gasteiger partial charge in [-0.2, -0.15) is 0 Å². The van der Waals surface area contributed by atoms with Gasteiger partial charge in [-0.1, -0.05) is 12.1 Å². The number of anilines is 1. The minimum atomic E-state index is 0.718.